The zero-order valence-corrected chi connectivity index (χ0v) is 28.0. The van der Waals surface area contributed by atoms with Gasteiger partial charge in [0.1, 0.15) is 0 Å². The first-order chi connectivity index (χ1) is 23.0. The van der Waals surface area contributed by atoms with E-state index in [0.717, 1.165) is 35.5 Å². The monoisotopic (exact) mass is 624 g/mol. The molecule has 0 saturated carbocycles. The third-order valence-corrected chi connectivity index (χ3v) is 15.3. The van der Waals surface area contributed by atoms with E-state index in [4.69, 9.17) is 4.98 Å². The molecule has 0 bridgehead atoms. The fourth-order valence-electron chi connectivity index (χ4n) is 8.44. The summed E-state index contributed by atoms with van der Waals surface area (Å²) in [6.07, 6.45) is 9.19. The molecule has 9 rings (SSSR count). The molecule has 4 heterocycles. The summed E-state index contributed by atoms with van der Waals surface area (Å²) in [6.45, 7) is 6.85. The molecule has 0 spiro atoms. The second-order valence-electron chi connectivity index (χ2n) is 13.5. The van der Waals surface area contributed by atoms with Crippen LogP contribution in [0.25, 0.3) is 38.8 Å². The van der Waals surface area contributed by atoms with E-state index in [2.05, 4.69) is 150 Å². The number of hydrogen-bond acceptors (Lipinski definition) is 2. The van der Waals surface area contributed by atoms with Gasteiger partial charge in [-0.25, -0.2) is 0 Å². The zero-order chi connectivity index (χ0) is 31.8. The molecule has 228 valence electrons. The van der Waals surface area contributed by atoms with Crippen LogP contribution in [0, 0.1) is 6.92 Å². The molecule has 2 aliphatic rings. The van der Waals surface area contributed by atoms with Crippen molar-refractivity contribution >= 4 is 45.6 Å². The van der Waals surface area contributed by atoms with Gasteiger partial charge >= 0.3 is 0 Å². The molecule has 47 heavy (non-hydrogen) atoms. The molecule has 7 aromatic rings. The van der Waals surface area contributed by atoms with Gasteiger partial charge in [-0.1, -0.05) is 98.8 Å². The van der Waals surface area contributed by atoms with Crippen molar-refractivity contribution in [1.29, 1.82) is 0 Å². The molecule has 1 aliphatic carbocycles. The number of para-hydroxylation sites is 1. The van der Waals surface area contributed by atoms with E-state index in [1.807, 2.05) is 19.2 Å². The highest BCUT2D eigenvalue weighted by atomic mass is 28.3. The Bertz CT molecular complexity index is 2410. The number of rotatable bonds is 4. The lowest BCUT2D eigenvalue weighted by Crippen LogP contribution is -2.73. The van der Waals surface area contributed by atoms with Gasteiger partial charge in [0.15, 0.2) is 0 Å². The third kappa shape index (κ3) is 3.99. The quantitative estimate of drug-likeness (QED) is 0.203. The Kier molecular flexibility index (Phi) is 6.18. The van der Waals surface area contributed by atoms with E-state index < -0.39 is 8.07 Å². The first-order valence-electron chi connectivity index (χ1n) is 16.6. The van der Waals surface area contributed by atoms with Crippen molar-refractivity contribution in [3.8, 4) is 16.9 Å². The fraction of sp³-hybridized carbons (Fsp3) is 0.143. The summed E-state index contributed by atoms with van der Waals surface area (Å²) in [5.74, 6) is 0. The van der Waals surface area contributed by atoms with Crippen molar-refractivity contribution in [3.05, 3.63) is 156 Å². The summed E-state index contributed by atoms with van der Waals surface area (Å²) >= 11 is 0. The number of nitrogens with one attached hydrogen (secondary N) is 1. The Morgan fingerprint density at radius 3 is 2.40 bits per heavy atom. The van der Waals surface area contributed by atoms with Gasteiger partial charge in [-0.3, -0.25) is 10.1 Å². The van der Waals surface area contributed by atoms with Gasteiger partial charge in [0, 0.05) is 44.6 Å². The predicted molar refractivity (Wildman–Crippen MR) is 197 cm³/mol. The minimum atomic E-state index is -2.79. The Morgan fingerprint density at radius 2 is 1.55 bits per heavy atom. The summed E-state index contributed by atoms with van der Waals surface area (Å²) in [5.41, 5.74) is 9.47. The second-order valence-corrected chi connectivity index (χ2v) is 17.2. The number of hydrogen-bond donors (Lipinski definition) is 1. The van der Waals surface area contributed by atoms with Gasteiger partial charge in [0.2, 0.25) is 8.07 Å². The molecule has 5 heteroatoms. The summed E-state index contributed by atoms with van der Waals surface area (Å²) in [6, 6.07) is 42.7. The van der Waals surface area contributed by atoms with Crippen LogP contribution >= 0.6 is 0 Å². The Morgan fingerprint density at radius 1 is 0.745 bits per heavy atom. The van der Waals surface area contributed by atoms with Crippen LogP contribution in [0.15, 0.2) is 144 Å². The normalized spacial score (nSPS) is 18.4. The van der Waals surface area contributed by atoms with Crippen molar-refractivity contribution in [3.63, 3.8) is 0 Å². The highest BCUT2D eigenvalue weighted by molar-refractivity contribution is 7.16. The van der Waals surface area contributed by atoms with Gasteiger partial charge in [-0.15, -0.1) is 0 Å². The topological polar surface area (TPSA) is 46.5 Å². The maximum atomic E-state index is 5.21. The highest BCUT2D eigenvalue weighted by Crippen LogP contribution is 2.45. The van der Waals surface area contributed by atoms with Crippen molar-refractivity contribution in [1.82, 2.24) is 19.7 Å². The number of pyridine rings is 1. The van der Waals surface area contributed by atoms with E-state index in [-0.39, 0.29) is 5.41 Å². The SMILES string of the molecule is Cc1cc(-c2ccc3c4ccccc4n(-c4cccc([Si@]5(c6ccccn6)C6=CCCC=C6C(C)(C)c6ccccc65)c4)c3c2)n[nH]1. The average Bonchev–Trinajstić information content (AvgIpc) is 3.70. The smallest absolute Gasteiger partial charge is 0.202 e. The Hall–Kier alpha value is -5.26. The summed E-state index contributed by atoms with van der Waals surface area (Å²) in [4.78, 5) is 5.21. The van der Waals surface area contributed by atoms with Gasteiger partial charge < -0.3 is 4.57 Å². The number of aromatic amines is 1. The second kappa shape index (κ2) is 10.4. The van der Waals surface area contributed by atoms with Gasteiger partial charge in [-0.2, -0.15) is 5.10 Å². The summed E-state index contributed by atoms with van der Waals surface area (Å²) < 4.78 is 2.45. The van der Waals surface area contributed by atoms with Crippen LogP contribution in [0.4, 0.5) is 0 Å². The molecule has 4 nitrogen and oxygen atoms in total. The first-order valence-corrected chi connectivity index (χ1v) is 18.6. The average molecular weight is 625 g/mol. The predicted octanol–water partition coefficient (Wildman–Crippen LogP) is 7.82. The number of aromatic nitrogens is 4. The minimum absolute atomic E-state index is 0.0837. The van der Waals surface area contributed by atoms with Crippen LogP contribution in [0.1, 0.15) is 37.9 Å². The van der Waals surface area contributed by atoms with Crippen LogP contribution in [0.3, 0.4) is 0 Å². The Labute approximate surface area is 276 Å². The van der Waals surface area contributed by atoms with E-state index in [9.17, 15) is 0 Å². The summed E-state index contributed by atoms with van der Waals surface area (Å²) in [5, 5.41) is 15.7. The summed E-state index contributed by atoms with van der Waals surface area (Å²) in [7, 11) is -2.79. The van der Waals surface area contributed by atoms with Crippen molar-refractivity contribution in [2.75, 3.05) is 0 Å². The number of aryl methyl sites for hydroxylation is 1. The number of allylic oxidation sites excluding steroid dienone is 4. The maximum Gasteiger partial charge on any atom is 0.202 e. The molecule has 1 aliphatic heterocycles. The van der Waals surface area contributed by atoms with Crippen LogP contribution in [-0.2, 0) is 5.41 Å². The van der Waals surface area contributed by atoms with Crippen LogP contribution in [-0.4, -0.2) is 27.8 Å². The van der Waals surface area contributed by atoms with Gasteiger partial charge in [0.05, 0.1) is 16.7 Å². The Balaban J connectivity index is 1.36. The zero-order valence-electron chi connectivity index (χ0n) is 27.0. The molecule has 4 aromatic carbocycles. The van der Waals surface area contributed by atoms with Crippen molar-refractivity contribution < 1.29 is 0 Å². The number of H-pyrrole nitrogens is 1. The van der Waals surface area contributed by atoms with E-state index >= 15 is 0 Å². The molecule has 0 amide bonds. The van der Waals surface area contributed by atoms with Gasteiger partial charge in [0.25, 0.3) is 0 Å². The number of benzene rings is 4. The molecule has 0 fully saturated rings. The molecular formula is C42H36N4Si. The number of fused-ring (bicyclic) bond motifs is 5. The van der Waals surface area contributed by atoms with Crippen molar-refractivity contribution in [2.24, 2.45) is 0 Å². The van der Waals surface area contributed by atoms with Crippen LogP contribution in [0.5, 0.6) is 0 Å². The van der Waals surface area contributed by atoms with Crippen LogP contribution in [0.2, 0.25) is 0 Å². The maximum absolute atomic E-state index is 5.21. The molecule has 3 aromatic heterocycles. The van der Waals surface area contributed by atoms with Gasteiger partial charge in [-0.05, 0) is 88.9 Å². The minimum Gasteiger partial charge on any atom is -0.309 e. The van der Waals surface area contributed by atoms with E-state index in [0.29, 0.717) is 0 Å². The van der Waals surface area contributed by atoms with Crippen molar-refractivity contribution in [2.45, 2.75) is 39.0 Å². The lowest BCUT2D eigenvalue weighted by Gasteiger charge is -2.49. The largest absolute Gasteiger partial charge is 0.309 e. The molecule has 1 atom stereocenters. The first kappa shape index (κ1) is 28.0. The molecule has 0 unspecified atom stereocenters. The number of nitrogens with zero attached hydrogens (tertiary/aromatic N) is 3. The lowest BCUT2D eigenvalue weighted by molar-refractivity contribution is 0.626. The molecule has 0 saturated heterocycles. The van der Waals surface area contributed by atoms with E-state index in [1.54, 1.807) is 0 Å². The molecule has 0 radical (unpaired) electrons. The molecular weight excluding hydrogens is 589 g/mol. The third-order valence-electron chi connectivity index (χ3n) is 10.5. The molecule has 1 N–H and O–H groups in total. The lowest BCUT2D eigenvalue weighted by atomic mass is 9.75. The standard InChI is InChI=1S/C42H36N4Si/c1-28-25-36(45-44-28)29-22-23-33-32-15-4-7-18-37(32)46(38(33)26-29)30-13-12-14-31(27-30)47(41-21-10-11-24-43-41)39-19-8-5-16-34(39)42(2,3)35-17-6-9-20-40(35)47/h4-5,7-8,10-27H,6,9H2,1-3H3,(H,44,45)/t47-/m1/s1. The highest BCUT2D eigenvalue weighted by Gasteiger charge is 2.54. The van der Waals surface area contributed by atoms with E-state index in [1.165, 1.54) is 53.8 Å². The fourth-order valence-corrected chi connectivity index (χ4v) is 13.9. The van der Waals surface area contributed by atoms with Crippen LogP contribution < -0.4 is 15.7 Å².